The smallest absolute Gasteiger partial charge is 0.331 e. The molecular formula is C26H21FN2O5. The Morgan fingerprint density at radius 2 is 1.47 bits per heavy atom. The fourth-order valence-electron chi connectivity index (χ4n) is 3.66. The highest BCUT2D eigenvalue weighted by Gasteiger charge is 2.49. The molecule has 1 aliphatic heterocycles. The highest BCUT2D eigenvalue weighted by atomic mass is 19.1. The number of amides is 3. The molecule has 8 heteroatoms. The molecule has 0 saturated carbocycles. The number of hydrogen-bond donors (Lipinski definition) is 1. The minimum absolute atomic E-state index is 0.147. The number of esters is 1. The molecule has 1 aliphatic rings. The number of halogens is 1. The third-order valence-corrected chi connectivity index (χ3v) is 5.65. The number of nitrogens with one attached hydrogen (secondary N) is 1. The number of hydrogen-bond acceptors (Lipinski definition) is 5. The Morgan fingerprint density at radius 3 is 2.06 bits per heavy atom. The Labute approximate surface area is 195 Å². The van der Waals surface area contributed by atoms with Crippen molar-refractivity contribution in [3.63, 3.8) is 0 Å². The van der Waals surface area contributed by atoms with Crippen molar-refractivity contribution in [2.24, 2.45) is 0 Å². The standard InChI is InChI=1S/C26H21FN2O5/c1-16-3-9-19(10-4-16)26(2)24(32)29(25(33)28-26)15-22(30)34-21-13-7-18(8-14-21)23(31)17-5-11-20(27)12-6-17/h3-14H,15H2,1-2H3,(H,28,33). The summed E-state index contributed by atoms with van der Waals surface area (Å²) in [6.45, 7) is 2.93. The molecule has 3 amide bonds. The molecule has 0 bridgehead atoms. The van der Waals surface area contributed by atoms with Crippen LogP contribution in [0.15, 0.2) is 72.8 Å². The lowest BCUT2D eigenvalue weighted by Crippen LogP contribution is -2.41. The van der Waals surface area contributed by atoms with E-state index in [0.717, 1.165) is 10.5 Å². The van der Waals surface area contributed by atoms with Gasteiger partial charge in [-0.25, -0.2) is 14.0 Å². The number of urea groups is 1. The first-order chi connectivity index (χ1) is 16.2. The molecule has 34 heavy (non-hydrogen) atoms. The van der Waals surface area contributed by atoms with Crippen LogP contribution in [0.1, 0.15) is 34.0 Å². The third-order valence-electron chi connectivity index (χ3n) is 5.65. The highest BCUT2D eigenvalue weighted by molar-refractivity contribution is 6.09. The molecule has 1 saturated heterocycles. The molecule has 3 aromatic rings. The number of nitrogens with zero attached hydrogens (tertiary/aromatic N) is 1. The van der Waals surface area contributed by atoms with Crippen molar-refractivity contribution < 1.29 is 28.3 Å². The summed E-state index contributed by atoms with van der Waals surface area (Å²) in [7, 11) is 0. The highest BCUT2D eigenvalue weighted by Crippen LogP contribution is 2.29. The fourth-order valence-corrected chi connectivity index (χ4v) is 3.66. The zero-order valence-corrected chi connectivity index (χ0v) is 18.5. The molecule has 0 aromatic heterocycles. The van der Waals surface area contributed by atoms with E-state index in [1.165, 1.54) is 48.5 Å². The lowest BCUT2D eigenvalue weighted by molar-refractivity contribution is -0.140. The van der Waals surface area contributed by atoms with Crippen LogP contribution < -0.4 is 10.1 Å². The van der Waals surface area contributed by atoms with Crippen molar-refractivity contribution in [1.29, 1.82) is 0 Å². The van der Waals surface area contributed by atoms with Crippen molar-refractivity contribution in [1.82, 2.24) is 10.2 Å². The lowest BCUT2D eigenvalue weighted by Gasteiger charge is -2.22. The second-order valence-corrected chi connectivity index (χ2v) is 8.15. The van der Waals surface area contributed by atoms with Gasteiger partial charge in [0, 0.05) is 11.1 Å². The van der Waals surface area contributed by atoms with Gasteiger partial charge in [-0.15, -0.1) is 0 Å². The number of ketones is 1. The van der Waals surface area contributed by atoms with Gasteiger partial charge in [0.15, 0.2) is 5.78 Å². The van der Waals surface area contributed by atoms with Gasteiger partial charge in [-0.05, 0) is 67.9 Å². The summed E-state index contributed by atoms with van der Waals surface area (Å²) in [4.78, 5) is 51.1. The van der Waals surface area contributed by atoms with Gasteiger partial charge in [0.25, 0.3) is 5.91 Å². The van der Waals surface area contributed by atoms with Crippen LogP contribution in [-0.2, 0) is 15.1 Å². The van der Waals surface area contributed by atoms with Crippen LogP contribution in [0.25, 0.3) is 0 Å². The summed E-state index contributed by atoms with van der Waals surface area (Å²) >= 11 is 0. The number of rotatable bonds is 6. The van der Waals surface area contributed by atoms with E-state index in [9.17, 15) is 23.6 Å². The molecule has 0 spiro atoms. The van der Waals surface area contributed by atoms with Crippen LogP contribution in [-0.4, -0.2) is 35.1 Å². The summed E-state index contributed by atoms with van der Waals surface area (Å²) < 4.78 is 18.3. The van der Waals surface area contributed by atoms with Gasteiger partial charge in [0.1, 0.15) is 23.7 Å². The maximum atomic E-state index is 13.1. The van der Waals surface area contributed by atoms with E-state index in [1.807, 2.05) is 19.1 Å². The second kappa shape index (κ2) is 8.90. The summed E-state index contributed by atoms with van der Waals surface area (Å²) in [5.41, 5.74) is 0.979. The number of carbonyl (C=O) groups is 4. The molecule has 7 nitrogen and oxygen atoms in total. The molecule has 0 aliphatic carbocycles. The Hall–Kier alpha value is -4.33. The van der Waals surface area contributed by atoms with Gasteiger partial charge >= 0.3 is 12.0 Å². The van der Waals surface area contributed by atoms with Gasteiger partial charge in [-0.1, -0.05) is 29.8 Å². The molecule has 1 N–H and O–H groups in total. The van der Waals surface area contributed by atoms with E-state index in [4.69, 9.17) is 4.74 Å². The van der Waals surface area contributed by atoms with Crippen molar-refractivity contribution in [3.05, 3.63) is 101 Å². The van der Waals surface area contributed by atoms with Crippen molar-refractivity contribution in [3.8, 4) is 5.75 Å². The monoisotopic (exact) mass is 460 g/mol. The van der Waals surface area contributed by atoms with Crippen molar-refractivity contribution >= 4 is 23.7 Å². The third kappa shape index (κ3) is 4.43. The van der Waals surface area contributed by atoms with E-state index < -0.39 is 35.8 Å². The molecule has 3 aromatic carbocycles. The molecule has 1 atom stereocenters. The average Bonchev–Trinajstić information content (AvgIpc) is 3.03. The van der Waals surface area contributed by atoms with E-state index in [0.29, 0.717) is 16.7 Å². The van der Waals surface area contributed by atoms with Crippen LogP contribution >= 0.6 is 0 Å². The first-order valence-electron chi connectivity index (χ1n) is 10.5. The Bertz CT molecular complexity index is 1270. The SMILES string of the molecule is Cc1ccc(C2(C)NC(=O)N(CC(=O)Oc3ccc(C(=O)c4ccc(F)cc4)cc3)C2=O)cc1. The van der Waals surface area contributed by atoms with E-state index in [2.05, 4.69) is 5.32 Å². The predicted octanol–water partition coefficient (Wildman–Crippen LogP) is 3.74. The first kappa shape index (κ1) is 22.8. The van der Waals surface area contributed by atoms with Crippen LogP contribution in [0.3, 0.4) is 0 Å². The first-order valence-corrected chi connectivity index (χ1v) is 10.5. The quantitative estimate of drug-likeness (QED) is 0.262. The zero-order chi connectivity index (χ0) is 24.5. The van der Waals surface area contributed by atoms with E-state index in [1.54, 1.807) is 19.1 Å². The van der Waals surface area contributed by atoms with Gasteiger partial charge in [0.05, 0.1) is 0 Å². The fraction of sp³-hybridized carbons (Fsp3) is 0.154. The Morgan fingerprint density at radius 1 is 0.912 bits per heavy atom. The number of ether oxygens (including phenoxy) is 1. The second-order valence-electron chi connectivity index (χ2n) is 8.15. The van der Waals surface area contributed by atoms with Gasteiger partial charge < -0.3 is 10.1 Å². The number of aryl methyl sites for hydroxylation is 1. The number of carbonyl (C=O) groups excluding carboxylic acids is 4. The normalized spacial score (nSPS) is 17.4. The molecule has 1 heterocycles. The van der Waals surface area contributed by atoms with E-state index >= 15 is 0 Å². The largest absolute Gasteiger partial charge is 0.425 e. The van der Waals surface area contributed by atoms with Crippen molar-refractivity contribution in [2.75, 3.05) is 6.54 Å². The maximum absolute atomic E-state index is 13.1. The zero-order valence-electron chi connectivity index (χ0n) is 18.5. The van der Waals surface area contributed by atoms with E-state index in [-0.39, 0.29) is 11.5 Å². The maximum Gasteiger partial charge on any atom is 0.331 e. The molecule has 172 valence electrons. The minimum atomic E-state index is -1.28. The molecule has 4 rings (SSSR count). The van der Waals surface area contributed by atoms with Crippen molar-refractivity contribution in [2.45, 2.75) is 19.4 Å². The molecular weight excluding hydrogens is 439 g/mol. The van der Waals surface area contributed by atoms with Gasteiger partial charge in [-0.3, -0.25) is 14.5 Å². The van der Waals surface area contributed by atoms with Crippen LogP contribution in [0.5, 0.6) is 5.75 Å². The number of imide groups is 1. The van der Waals surface area contributed by atoms with Gasteiger partial charge in [-0.2, -0.15) is 0 Å². The topological polar surface area (TPSA) is 92.8 Å². The number of benzene rings is 3. The molecule has 1 unspecified atom stereocenters. The summed E-state index contributed by atoms with van der Waals surface area (Å²) in [6, 6.07) is 17.4. The minimum Gasteiger partial charge on any atom is -0.425 e. The molecule has 1 fully saturated rings. The van der Waals surface area contributed by atoms with Crippen LogP contribution in [0, 0.1) is 12.7 Å². The summed E-state index contributed by atoms with van der Waals surface area (Å²) in [6.07, 6.45) is 0. The Balaban J connectivity index is 1.41. The van der Waals surface area contributed by atoms with Crippen LogP contribution in [0.4, 0.5) is 9.18 Å². The molecule has 0 radical (unpaired) electrons. The Kier molecular flexibility index (Phi) is 5.98. The lowest BCUT2D eigenvalue weighted by atomic mass is 9.91. The van der Waals surface area contributed by atoms with Gasteiger partial charge in [0.2, 0.25) is 0 Å². The predicted molar refractivity (Wildman–Crippen MR) is 121 cm³/mol. The summed E-state index contributed by atoms with van der Waals surface area (Å²) in [5.74, 6) is -1.97. The van der Waals surface area contributed by atoms with Crippen LogP contribution in [0.2, 0.25) is 0 Å². The average molecular weight is 460 g/mol. The summed E-state index contributed by atoms with van der Waals surface area (Å²) in [5, 5.41) is 2.64.